The van der Waals surface area contributed by atoms with Gasteiger partial charge in [0.25, 0.3) is 5.91 Å². The van der Waals surface area contributed by atoms with Crippen molar-refractivity contribution in [1.29, 1.82) is 0 Å². The molecular weight excluding hydrogens is 211 g/mol. The molecule has 4 nitrogen and oxygen atoms in total. The van der Waals surface area contributed by atoms with Crippen molar-refractivity contribution in [3.8, 4) is 0 Å². The normalized spacial score (nSPS) is 12.2. The molecule has 1 aromatic carbocycles. The zero-order valence-electron chi connectivity index (χ0n) is 9.29. The van der Waals surface area contributed by atoms with Crippen molar-refractivity contribution in [1.82, 2.24) is 0 Å². The molecule has 0 saturated heterocycles. The summed E-state index contributed by atoms with van der Waals surface area (Å²) < 4.78 is 17.7. The van der Waals surface area contributed by atoms with Gasteiger partial charge in [0.2, 0.25) is 0 Å². The molecule has 1 amide bonds. The first-order valence-corrected chi connectivity index (χ1v) is 4.88. The van der Waals surface area contributed by atoms with Crippen LogP contribution in [-0.2, 0) is 9.53 Å². The fourth-order valence-corrected chi connectivity index (χ4v) is 1.29. The topological polar surface area (TPSA) is 64.3 Å². The van der Waals surface area contributed by atoms with E-state index in [4.69, 9.17) is 10.5 Å². The number of nitrogens with two attached hydrogens (primary N) is 1. The van der Waals surface area contributed by atoms with Gasteiger partial charge in [-0.15, -0.1) is 0 Å². The van der Waals surface area contributed by atoms with Gasteiger partial charge in [-0.25, -0.2) is 4.39 Å². The number of anilines is 1. The van der Waals surface area contributed by atoms with Gasteiger partial charge in [0.05, 0.1) is 0 Å². The van der Waals surface area contributed by atoms with Crippen molar-refractivity contribution in [3.63, 3.8) is 0 Å². The molecule has 5 heteroatoms. The van der Waals surface area contributed by atoms with Crippen LogP contribution in [0.15, 0.2) is 18.2 Å². The zero-order chi connectivity index (χ0) is 12.1. The maximum Gasteiger partial charge on any atom is 0.254 e. The van der Waals surface area contributed by atoms with E-state index in [1.165, 1.54) is 25.3 Å². The lowest BCUT2D eigenvalue weighted by molar-refractivity contribution is -0.125. The summed E-state index contributed by atoms with van der Waals surface area (Å²) in [5.74, 6) is -0.669. The van der Waals surface area contributed by atoms with Crippen LogP contribution in [0.4, 0.5) is 10.1 Å². The van der Waals surface area contributed by atoms with Gasteiger partial charge >= 0.3 is 0 Å². The second kappa shape index (κ2) is 5.58. The van der Waals surface area contributed by atoms with Crippen LogP contribution >= 0.6 is 0 Å². The molecule has 88 valence electrons. The molecule has 3 N–H and O–H groups in total. The van der Waals surface area contributed by atoms with E-state index < -0.39 is 6.10 Å². The molecule has 0 bridgehead atoms. The first-order chi connectivity index (χ1) is 7.58. The highest BCUT2D eigenvalue weighted by Gasteiger charge is 2.16. The van der Waals surface area contributed by atoms with Gasteiger partial charge in [0.1, 0.15) is 11.9 Å². The quantitative estimate of drug-likeness (QED) is 0.806. The third kappa shape index (κ3) is 3.01. The summed E-state index contributed by atoms with van der Waals surface area (Å²) in [6.07, 6.45) is -0.690. The number of hydrogen-bond donors (Lipinski definition) is 2. The third-order valence-electron chi connectivity index (χ3n) is 2.24. The number of rotatable bonds is 4. The fraction of sp³-hybridized carbons (Fsp3) is 0.364. The number of carbonyl (C=O) groups excluding carboxylic acids is 1. The molecule has 0 fully saturated rings. The molecule has 0 spiro atoms. The summed E-state index contributed by atoms with van der Waals surface area (Å²) in [7, 11) is 1.41. The van der Waals surface area contributed by atoms with Crippen molar-refractivity contribution >= 4 is 11.6 Å². The molecule has 16 heavy (non-hydrogen) atoms. The summed E-state index contributed by atoms with van der Waals surface area (Å²) in [4.78, 5) is 11.6. The average Bonchev–Trinajstić information content (AvgIpc) is 2.24. The van der Waals surface area contributed by atoms with Crippen LogP contribution in [0.5, 0.6) is 0 Å². The van der Waals surface area contributed by atoms with E-state index in [-0.39, 0.29) is 18.3 Å². The van der Waals surface area contributed by atoms with Gasteiger partial charge in [-0.2, -0.15) is 0 Å². The van der Waals surface area contributed by atoms with Crippen molar-refractivity contribution in [2.75, 3.05) is 19.0 Å². The Hall–Kier alpha value is -1.46. The number of benzene rings is 1. The number of aryl methyl sites for hydroxylation is 1. The lowest BCUT2D eigenvalue weighted by Gasteiger charge is -2.14. The minimum atomic E-state index is -0.690. The van der Waals surface area contributed by atoms with Crippen LogP contribution < -0.4 is 11.1 Å². The SMILES string of the molecule is COC(CN)C(=O)Nc1ccc(F)cc1C. The molecular formula is C11H15FN2O2. The van der Waals surface area contributed by atoms with Gasteiger partial charge in [0, 0.05) is 19.3 Å². The van der Waals surface area contributed by atoms with Crippen molar-refractivity contribution in [2.45, 2.75) is 13.0 Å². The van der Waals surface area contributed by atoms with Crippen molar-refractivity contribution < 1.29 is 13.9 Å². The molecule has 0 aliphatic rings. The largest absolute Gasteiger partial charge is 0.370 e. The van der Waals surface area contributed by atoms with Crippen LogP contribution in [0.25, 0.3) is 0 Å². The lowest BCUT2D eigenvalue weighted by atomic mass is 10.2. The number of hydrogen-bond acceptors (Lipinski definition) is 3. The molecule has 0 aromatic heterocycles. The summed E-state index contributed by atoms with van der Waals surface area (Å²) in [5.41, 5.74) is 6.56. The van der Waals surface area contributed by atoms with Crippen LogP contribution in [0, 0.1) is 12.7 Å². The lowest BCUT2D eigenvalue weighted by Crippen LogP contribution is -2.36. The molecule has 0 radical (unpaired) electrons. The monoisotopic (exact) mass is 226 g/mol. The van der Waals surface area contributed by atoms with E-state index in [1.807, 2.05) is 0 Å². The van der Waals surface area contributed by atoms with Gasteiger partial charge in [-0.1, -0.05) is 0 Å². The zero-order valence-corrected chi connectivity index (χ0v) is 9.29. The smallest absolute Gasteiger partial charge is 0.254 e. The van der Waals surface area contributed by atoms with E-state index in [0.717, 1.165) is 0 Å². The Labute approximate surface area is 93.6 Å². The van der Waals surface area contributed by atoms with Gasteiger partial charge in [-0.05, 0) is 30.7 Å². The van der Waals surface area contributed by atoms with E-state index in [9.17, 15) is 9.18 Å². The molecule has 0 aliphatic carbocycles. The third-order valence-corrected chi connectivity index (χ3v) is 2.24. The Morgan fingerprint density at radius 3 is 2.81 bits per heavy atom. The number of ether oxygens (including phenoxy) is 1. The van der Waals surface area contributed by atoms with E-state index in [2.05, 4.69) is 5.32 Å². The summed E-state index contributed by atoms with van der Waals surface area (Å²) in [5, 5.41) is 2.63. The van der Waals surface area contributed by atoms with E-state index >= 15 is 0 Å². The summed E-state index contributed by atoms with van der Waals surface area (Å²) in [6, 6.07) is 4.14. The van der Waals surface area contributed by atoms with Crippen LogP contribution in [0.2, 0.25) is 0 Å². The Morgan fingerprint density at radius 1 is 1.62 bits per heavy atom. The van der Waals surface area contributed by atoms with Crippen molar-refractivity contribution in [2.24, 2.45) is 5.73 Å². The van der Waals surface area contributed by atoms with Gasteiger partial charge in [-0.3, -0.25) is 4.79 Å². The second-order valence-corrected chi connectivity index (χ2v) is 3.41. The fourth-order valence-electron chi connectivity index (χ4n) is 1.29. The average molecular weight is 226 g/mol. The van der Waals surface area contributed by atoms with E-state index in [1.54, 1.807) is 6.92 Å². The first-order valence-electron chi connectivity index (χ1n) is 4.88. The summed E-state index contributed by atoms with van der Waals surface area (Å²) >= 11 is 0. The van der Waals surface area contributed by atoms with Gasteiger partial charge in [0.15, 0.2) is 0 Å². The van der Waals surface area contributed by atoms with Crippen LogP contribution in [0.3, 0.4) is 0 Å². The molecule has 0 heterocycles. The Kier molecular flexibility index (Phi) is 4.39. The highest BCUT2D eigenvalue weighted by molar-refractivity contribution is 5.94. The second-order valence-electron chi connectivity index (χ2n) is 3.41. The molecule has 0 aliphatic heterocycles. The predicted molar refractivity (Wildman–Crippen MR) is 59.6 cm³/mol. The predicted octanol–water partition coefficient (Wildman–Crippen LogP) is 1.05. The van der Waals surface area contributed by atoms with E-state index in [0.29, 0.717) is 11.3 Å². The van der Waals surface area contributed by atoms with Crippen LogP contribution in [-0.4, -0.2) is 25.7 Å². The van der Waals surface area contributed by atoms with Crippen molar-refractivity contribution in [3.05, 3.63) is 29.6 Å². The summed E-state index contributed by atoms with van der Waals surface area (Å²) in [6.45, 7) is 1.81. The first kappa shape index (κ1) is 12.6. The number of amides is 1. The minimum Gasteiger partial charge on any atom is -0.370 e. The number of methoxy groups -OCH3 is 1. The number of halogens is 1. The standard InChI is InChI=1S/C11H15FN2O2/c1-7-5-8(12)3-4-9(7)14-11(15)10(6-13)16-2/h3-5,10H,6,13H2,1-2H3,(H,14,15). The molecule has 0 saturated carbocycles. The maximum absolute atomic E-state index is 12.8. The highest BCUT2D eigenvalue weighted by Crippen LogP contribution is 2.15. The Morgan fingerprint density at radius 2 is 2.31 bits per heavy atom. The molecule has 1 rings (SSSR count). The Balaban J connectivity index is 2.76. The molecule has 1 atom stereocenters. The molecule has 1 unspecified atom stereocenters. The van der Waals surface area contributed by atoms with Gasteiger partial charge < -0.3 is 15.8 Å². The number of carbonyl (C=O) groups is 1. The number of nitrogens with one attached hydrogen (secondary N) is 1. The highest BCUT2D eigenvalue weighted by atomic mass is 19.1. The molecule has 1 aromatic rings. The Bertz CT molecular complexity index is 378. The van der Waals surface area contributed by atoms with Crippen LogP contribution in [0.1, 0.15) is 5.56 Å². The minimum absolute atomic E-state index is 0.0998. The maximum atomic E-state index is 12.8.